The molecule has 1 aliphatic rings. The van der Waals surface area contributed by atoms with E-state index in [0.717, 1.165) is 5.69 Å². The van der Waals surface area contributed by atoms with Gasteiger partial charge < -0.3 is 5.32 Å². The standard InChI is InChI=1S/C24H23NO.4C2H6/c1-24(2,18-11-7-4-8-12-18)19-13-14-22-21(15-19)20(16-23(26)25-22)17-9-5-3-6-10-17;4*1-2/h3-15,20H,16H2,1-2H3,(H,25,26);4*1-2H3. The Kier molecular flexibility index (Phi) is 15.3. The van der Waals surface area contributed by atoms with Gasteiger partial charge in [-0.3, -0.25) is 4.79 Å². The van der Waals surface area contributed by atoms with Gasteiger partial charge in [0.15, 0.2) is 0 Å². The number of carbonyl (C=O) groups is 1. The second kappa shape index (κ2) is 16.7. The first-order chi connectivity index (χ1) is 16.6. The first-order valence-electron chi connectivity index (χ1n) is 13.1. The smallest absolute Gasteiger partial charge is 0.225 e. The lowest BCUT2D eigenvalue weighted by atomic mass is 9.75. The summed E-state index contributed by atoms with van der Waals surface area (Å²) in [6.07, 6.45) is 0.492. The lowest BCUT2D eigenvalue weighted by molar-refractivity contribution is -0.116. The van der Waals surface area contributed by atoms with E-state index in [0.29, 0.717) is 6.42 Å². The zero-order chi connectivity index (χ0) is 26.1. The summed E-state index contributed by atoms with van der Waals surface area (Å²) in [4.78, 5) is 12.2. The van der Waals surface area contributed by atoms with Crippen LogP contribution in [0.15, 0.2) is 78.9 Å². The van der Waals surface area contributed by atoms with E-state index in [1.54, 1.807) is 0 Å². The first kappa shape index (κ1) is 31.1. The Morgan fingerprint density at radius 1 is 0.676 bits per heavy atom. The number of amides is 1. The predicted octanol–water partition coefficient (Wildman–Crippen LogP) is 9.59. The predicted molar refractivity (Wildman–Crippen MR) is 152 cm³/mol. The zero-order valence-corrected chi connectivity index (χ0v) is 23.2. The minimum Gasteiger partial charge on any atom is -0.326 e. The highest BCUT2D eigenvalue weighted by Gasteiger charge is 2.29. The van der Waals surface area contributed by atoms with E-state index in [2.05, 4.69) is 73.8 Å². The van der Waals surface area contributed by atoms with Crippen molar-refractivity contribution in [3.63, 3.8) is 0 Å². The molecule has 4 rings (SSSR count). The summed E-state index contributed by atoms with van der Waals surface area (Å²) in [5.41, 5.74) is 5.78. The summed E-state index contributed by atoms with van der Waals surface area (Å²) in [5, 5.41) is 3.04. The zero-order valence-electron chi connectivity index (χ0n) is 23.2. The van der Waals surface area contributed by atoms with Crippen LogP contribution in [0.3, 0.4) is 0 Å². The van der Waals surface area contributed by atoms with E-state index in [1.165, 1.54) is 22.3 Å². The summed E-state index contributed by atoms with van der Waals surface area (Å²) in [5.74, 6) is 0.188. The van der Waals surface area contributed by atoms with Crippen LogP contribution in [0.5, 0.6) is 0 Å². The van der Waals surface area contributed by atoms with Crippen LogP contribution < -0.4 is 5.32 Å². The van der Waals surface area contributed by atoms with Crippen molar-refractivity contribution >= 4 is 11.6 Å². The molecule has 2 heteroatoms. The van der Waals surface area contributed by atoms with Crippen molar-refractivity contribution in [3.8, 4) is 0 Å². The number of fused-ring (bicyclic) bond motifs is 1. The molecular formula is C32H47NO. The van der Waals surface area contributed by atoms with Crippen LogP contribution in [0.4, 0.5) is 5.69 Å². The van der Waals surface area contributed by atoms with Gasteiger partial charge in [-0.1, -0.05) is 142 Å². The SMILES string of the molecule is CC.CC.CC.CC.CC(C)(c1ccccc1)c1ccc2c(c1)C(c1ccccc1)CC(=O)N2. The Balaban J connectivity index is 0.00000124. The van der Waals surface area contributed by atoms with Gasteiger partial charge >= 0.3 is 0 Å². The van der Waals surface area contributed by atoms with Crippen LogP contribution in [0.25, 0.3) is 0 Å². The third-order valence-electron chi connectivity index (χ3n) is 5.51. The van der Waals surface area contributed by atoms with Crippen molar-refractivity contribution < 1.29 is 4.79 Å². The molecule has 0 fully saturated rings. The Hall–Kier alpha value is -2.87. The summed E-state index contributed by atoms with van der Waals surface area (Å²) < 4.78 is 0. The van der Waals surface area contributed by atoms with Crippen molar-refractivity contribution in [1.29, 1.82) is 0 Å². The lowest BCUT2D eigenvalue weighted by Crippen LogP contribution is -2.25. The van der Waals surface area contributed by atoms with Gasteiger partial charge in [-0.2, -0.15) is 0 Å². The van der Waals surface area contributed by atoms with Gasteiger partial charge in [0.1, 0.15) is 0 Å². The average molecular weight is 462 g/mol. The highest BCUT2D eigenvalue weighted by atomic mass is 16.1. The maximum atomic E-state index is 12.2. The van der Waals surface area contributed by atoms with Crippen LogP contribution in [0, 0.1) is 0 Å². The summed E-state index contributed by atoms with van der Waals surface area (Å²) in [6, 6.07) is 27.4. The fourth-order valence-corrected chi connectivity index (χ4v) is 3.85. The molecule has 0 aliphatic carbocycles. The maximum Gasteiger partial charge on any atom is 0.225 e. The first-order valence-corrected chi connectivity index (χ1v) is 13.1. The van der Waals surface area contributed by atoms with Crippen molar-refractivity contribution in [3.05, 3.63) is 101 Å². The highest BCUT2D eigenvalue weighted by molar-refractivity contribution is 5.95. The van der Waals surface area contributed by atoms with E-state index in [1.807, 2.05) is 79.7 Å². The highest BCUT2D eigenvalue weighted by Crippen LogP contribution is 2.40. The number of anilines is 1. The Morgan fingerprint density at radius 2 is 1.18 bits per heavy atom. The van der Waals surface area contributed by atoms with E-state index in [-0.39, 0.29) is 17.2 Å². The molecule has 0 saturated heterocycles. The topological polar surface area (TPSA) is 29.1 Å². The van der Waals surface area contributed by atoms with Gasteiger partial charge in [0, 0.05) is 23.4 Å². The van der Waals surface area contributed by atoms with Crippen LogP contribution in [0.1, 0.15) is 104 Å². The summed E-state index contributed by atoms with van der Waals surface area (Å²) >= 11 is 0. The number of rotatable bonds is 3. The van der Waals surface area contributed by atoms with E-state index < -0.39 is 0 Å². The number of benzene rings is 3. The maximum absolute atomic E-state index is 12.2. The molecule has 0 aromatic heterocycles. The van der Waals surface area contributed by atoms with Crippen molar-refractivity contribution in [2.24, 2.45) is 0 Å². The minimum atomic E-state index is -0.0982. The molecule has 1 atom stereocenters. The number of nitrogens with one attached hydrogen (secondary N) is 1. The molecule has 1 N–H and O–H groups in total. The van der Waals surface area contributed by atoms with E-state index in [9.17, 15) is 4.79 Å². The molecule has 0 spiro atoms. The number of hydrogen-bond donors (Lipinski definition) is 1. The average Bonchev–Trinajstić information content (AvgIpc) is 2.93. The van der Waals surface area contributed by atoms with Gasteiger partial charge in [0.05, 0.1) is 0 Å². The molecule has 1 unspecified atom stereocenters. The second-order valence-corrected chi connectivity index (χ2v) is 7.51. The molecule has 0 bridgehead atoms. The molecule has 0 saturated carbocycles. The van der Waals surface area contributed by atoms with Crippen molar-refractivity contribution in [2.45, 2.75) is 87.0 Å². The van der Waals surface area contributed by atoms with Crippen LogP contribution in [-0.4, -0.2) is 5.91 Å². The van der Waals surface area contributed by atoms with Crippen LogP contribution in [0.2, 0.25) is 0 Å². The van der Waals surface area contributed by atoms with Gasteiger partial charge in [-0.15, -0.1) is 0 Å². The molecule has 34 heavy (non-hydrogen) atoms. The third-order valence-corrected chi connectivity index (χ3v) is 5.51. The monoisotopic (exact) mass is 461 g/mol. The fraction of sp³-hybridized carbons (Fsp3) is 0.406. The van der Waals surface area contributed by atoms with Crippen molar-refractivity contribution in [2.75, 3.05) is 5.32 Å². The van der Waals surface area contributed by atoms with E-state index in [4.69, 9.17) is 0 Å². The van der Waals surface area contributed by atoms with E-state index >= 15 is 0 Å². The normalized spacial score (nSPS) is 13.5. The Morgan fingerprint density at radius 3 is 1.71 bits per heavy atom. The summed E-state index contributed by atoms with van der Waals surface area (Å²) in [7, 11) is 0. The number of hydrogen-bond acceptors (Lipinski definition) is 1. The molecule has 0 radical (unpaired) electrons. The van der Waals surface area contributed by atoms with Crippen LogP contribution >= 0.6 is 0 Å². The Bertz CT molecular complexity index is 930. The van der Waals surface area contributed by atoms with Gasteiger partial charge in [-0.25, -0.2) is 0 Å². The molecule has 1 aliphatic heterocycles. The van der Waals surface area contributed by atoms with Crippen LogP contribution in [-0.2, 0) is 10.2 Å². The minimum absolute atomic E-state index is 0.0847. The second-order valence-electron chi connectivity index (χ2n) is 7.51. The third kappa shape index (κ3) is 7.87. The lowest BCUT2D eigenvalue weighted by Gasteiger charge is -2.31. The van der Waals surface area contributed by atoms with Crippen molar-refractivity contribution in [1.82, 2.24) is 0 Å². The van der Waals surface area contributed by atoms with Gasteiger partial charge in [0.2, 0.25) is 5.91 Å². The molecule has 2 nitrogen and oxygen atoms in total. The van der Waals surface area contributed by atoms with Gasteiger partial charge in [-0.05, 0) is 28.3 Å². The molecular weight excluding hydrogens is 414 g/mol. The molecule has 1 amide bonds. The molecule has 186 valence electrons. The quantitative estimate of drug-likeness (QED) is 0.413. The Labute approximate surface area is 209 Å². The van der Waals surface area contributed by atoms with Gasteiger partial charge in [0.25, 0.3) is 0 Å². The largest absolute Gasteiger partial charge is 0.326 e. The molecule has 3 aromatic carbocycles. The molecule has 1 heterocycles. The fourth-order valence-electron chi connectivity index (χ4n) is 3.85. The summed E-state index contributed by atoms with van der Waals surface area (Å²) in [6.45, 7) is 20.5. The molecule has 3 aromatic rings. The number of carbonyl (C=O) groups excluding carboxylic acids is 1.